The lowest BCUT2D eigenvalue weighted by atomic mass is 10.0. The first-order valence-electron chi connectivity index (χ1n) is 7.66. The Bertz CT molecular complexity index is 780. The number of rotatable bonds is 4. The minimum absolute atomic E-state index is 0.101. The molecule has 0 aliphatic heterocycles. The van der Waals surface area contributed by atoms with Gasteiger partial charge in [-0.25, -0.2) is 4.79 Å². The Morgan fingerprint density at radius 3 is 2.57 bits per heavy atom. The molecule has 0 saturated heterocycles. The monoisotopic (exact) mass is 325 g/mol. The highest BCUT2D eigenvalue weighted by Crippen LogP contribution is 2.29. The van der Waals surface area contributed by atoms with Crippen molar-refractivity contribution in [3.05, 3.63) is 45.3 Å². The molecule has 124 valence electrons. The second-order valence-corrected chi connectivity index (χ2v) is 6.16. The summed E-state index contributed by atoms with van der Waals surface area (Å²) in [6.45, 7) is 0.188. The van der Waals surface area contributed by atoms with E-state index in [2.05, 4.69) is 0 Å². The van der Waals surface area contributed by atoms with Gasteiger partial charge >= 0.3 is 11.8 Å². The molecule has 1 aliphatic carbocycles. The molecule has 0 saturated carbocycles. The Balaban J connectivity index is 1.89. The van der Waals surface area contributed by atoms with Crippen LogP contribution in [0.4, 0.5) is 13.2 Å². The van der Waals surface area contributed by atoms with Gasteiger partial charge in [-0.1, -0.05) is 0 Å². The zero-order valence-corrected chi connectivity index (χ0v) is 12.9. The minimum Gasteiger partial charge on any atom is -0.423 e. The third-order valence-corrected chi connectivity index (χ3v) is 4.26. The third-order valence-electron chi connectivity index (χ3n) is 4.26. The van der Waals surface area contributed by atoms with E-state index >= 15 is 0 Å². The molecule has 3 rings (SSSR count). The van der Waals surface area contributed by atoms with Gasteiger partial charge in [0.15, 0.2) is 0 Å². The highest BCUT2D eigenvalue weighted by atomic mass is 19.4. The number of benzene rings is 1. The fourth-order valence-corrected chi connectivity index (χ4v) is 3.11. The van der Waals surface area contributed by atoms with Gasteiger partial charge in [-0.15, -0.1) is 0 Å². The van der Waals surface area contributed by atoms with Crippen molar-refractivity contribution < 1.29 is 17.6 Å². The quantitative estimate of drug-likeness (QED) is 0.804. The second-order valence-electron chi connectivity index (χ2n) is 6.16. The Kier molecular flexibility index (Phi) is 4.19. The van der Waals surface area contributed by atoms with E-state index in [1.54, 1.807) is 11.9 Å². The predicted octanol–water partition coefficient (Wildman–Crippen LogP) is 3.67. The number of hydrogen-bond acceptors (Lipinski definition) is 3. The molecule has 6 heteroatoms. The van der Waals surface area contributed by atoms with E-state index in [0.29, 0.717) is 5.58 Å². The summed E-state index contributed by atoms with van der Waals surface area (Å²) in [5.41, 5.74) is 3.22. The minimum atomic E-state index is -4.17. The number of hydrogen-bond donors (Lipinski definition) is 0. The molecule has 0 radical (unpaired) electrons. The molecule has 1 heterocycles. The highest BCUT2D eigenvalue weighted by Gasteiger charge is 2.27. The van der Waals surface area contributed by atoms with Crippen LogP contribution < -0.4 is 5.63 Å². The van der Waals surface area contributed by atoms with Crippen molar-refractivity contribution in [3.63, 3.8) is 0 Å². The van der Waals surface area contributed by atoms with Crippen molar-refractivity contribution in [1.82, 2.24) is 4.90 Å². The number of halogens is 3. The first-order valence-corrected chi connectivity index (χ1v) is 7.66. The van der Waals surface area contributed by atoms with Crippen LogP contribution in [0.5, 0.6) is 0 Å². The summed E-state index contributed by atoms with van der Waals surface area (Å²) in [7, 11) is 1.62. The van der Waals surface area contributed by atoms with Crippen molar-refractivity contribution in [3.8, 4) is 0 Å². The molecule has 3 nitrogen and oxygen atoms in total. The molecule has 0 N–H and O–H groups in total. The molecule has 2 aromatic rings. The standard InChI is InChI=1S/C17H18F3NO2/c1-21(6-5-17(18,19)20)10-13-9-16(22)23-15-8-12-4-2-3-11(12)7-14(13)15/h7-9H,2-6,10H2,1H3. The average molecular weight is 325 g/mol. The number of alkyl halides is 3. The predicted molar refractivity (Wildman–Crippen MR) is 81.5 cm³/mol. The zero-order valence-electron chi connectivity index (χ0n) is 12.9. The van der Waals surface area contributed by atoms with Gasteiger partial charge in [0.2, 0.25) is 0 Å². The summed E-state index contributed by atoms with van der Waals surface area (Å²) < 4.78 is 42.3. The number of aryl methyl sites for hydroxylation is 2. The summed E-state index contributed by atoms with van der Waals surface area (Å²) in [4.78, 5) is 13.3. The van der Waals surface area contributed by atoms with E-state index in [1.165, 1.54) is 17.2 Å². The van der Waals surface area contributed by atoms with Gasteiger partial charge in [0.25, 0.3) is 0 Å². The maximum absolute atomic E-state index is 12.3. The highest BCUT2D eigenvalue weighted by molar-refractivity contribution is 5.82. The van der Waals surface area contributed by atoms with E-state index in [0.717, 1.165) is 30.2 Å². The largest absolute Gasteiger partial charge is 0.423 e. The smallest absolute Gasteiger partial charge is 0.390 e. The molecular formula is C17H18F3NO2. The van der Waals surface area contributed by atoms with Crippen LogP contribution in [0.1, 0.15) is 29.5 Å². The van der Waals surface area contributed by atoms with Crippen molar-refractivity contribution in [2.45, 2.75) is 38.4 Å². The van der Waals surface area contributed by atoms with Gasteiger partial charge in [-0.05, 0) is 55.1 Å². The summed E-state index contributed by atoms with van der Waals surface area (Å²) >= 11 is 0. The van der Waals surface area contributed by atoms with Gasteiger partial charge < -0.3 is 9.32 Å². The summed E-state index contributed by atoms with van der Waals surface area (Å²) in [6.07, 6.45) is -1.99. The molecular weight excluding hydrogens is 307 g/mol. The first-order chi connectivity index (χ1) is 10.8. The van der Waals surface area contributed by atoms with Crippen molar-refractivity contribution >= 4 is 11.0 Å². The summed E-state index contributed by atoms with van der Waals surface area (Å²) in [5, 5.41) is 0.823. The molecule has 1 aromatic carbocycles. The average Bonchev–Trinajstić information content (AvgIpc) is 2.89. The van der Waals surface area contributed by atoms with Crippen molar-refractivity contribution in [2.75, 3.05) is 13.6 Å². The number of fused-ring (bicyclic) bond motifs is 2. The first kappa shape index (κ1) is 16.1. The van der Waals surface area contributed by atoms with E-state index in [4.69, 9.17) is 4.42 Å². The molecule has 0 amide bonds. The maximum atomic E-state index is 12.3. The molecule has 1 aromatic heterocycles. The van der Waals surface area contributed by atoms with E-state index in [-0.39, 0.29) is 13.1 Å². The van der Waals surface area contributed by atoms with Gasteiger partial charge in [0.05, 0.1) is 6.42 Å². The fourth-order valence-electron chi connectivity index (χ4n) is 3.11. The number of nitrogens with zero attached hydrogens (tertiary/aromatic N) is 1. The fraction of sp³-hybridized carbons (Fsp3) is 0.471. The molecule has 1 aliphatic rings. The van der Waals surface area contributed by atoms with E-state index < -0.39 is 18.2 Å². The topological polar surface area (TPSA) is 33.5 Å². The van der Waals surface area contributed by atoms with Crippen LogP contribution >= 0.6 is 0 Å². The van der Waals surface area contributed by atoms with Gasteiger partial charge in [-0.2, -0.15) is 13.2 Å². The van der Waals surface area contributed by atoms with Crippen LogP contribution in [0.3, 0.4) is 0 Å². The van der Waals surface area contributed by atoms with Crippen LogP contribution in [0, 0.1) is 0 Å². The zero-order chi connectivity index (χ0) is 16.6. The van der Waals surface area contributed by atoms with Crippen LogP contribution in [0.15, 0.2) is 27.4 Å². The summed E-state index contributed by atoms with van der Waals surface area (Å²) in [6, 6.07) is 5.31. The third kappa shape index (κ3) is 3.75. The Labute approximate surface area is 131 Å². The Morgan fingerprint density at radius 2 is 1.87 bits per heavy atom. The molecule has 0 fully saturated rings. The molecule has 0 unspecified atom stereocenters. The Hall–Kier alpha value is -1.82. The van der Waals surface area contributed by atoms with Crippen LogP contribution in [-0.2, 0) is 19.4 Å². The van der Waals surface area contributed by atoms with Crippen LogP contribution in [0.2, 0.25) is 0 Å². The van der Waals surface area contributed by atoms with Gasteiger partial charge in [0, 0.05) is 24.5 Å². The molecule has 0 spiro atoms. The van der Waals surface area contributed by atoms with Crippen molar-refractivity contribution in [2.24, 2.45) is 0 Å². The molecule has 0 atom stereocenters. The normalized spacial score (nSPS) is 14.7. The van der Waals surface area contributed by atoms with E-state index in [9.17, 15) is 18.0 Å². The van der Waals surface area contributed by atoms with Gasteiger partial charge in [0.1, 0.15) is 5.58 Å². The summed E-state index contributed by atoms with van der Waals surface area (Å²) in [5.74, 6) is 0. The van der Waals surface area contributed by atoms with Crippen molar-refractivity contribution in [1.29, 1.82) is 0 Å². The lowest BCUT2D eigenvalue weighted by molar-refractivity contribution is -0.137. The maximum Gasteiger partial charge on any atom is 0.390 e. The molecule has 23 heavy (non-hydrogen) atoms. The van der Waals surface area contributed by atoms with E-state index in [1.807, 2.05) is 12.1 Å². The van der Waals surface area contributed by atoms with Gasteiger partial charge in [-0.3, -0.25) is 0 Å². The molecule has 0 bridgehead atoms. The SMILES string of the molecule is CN(CCC(F)(F)F)Cc1cc(=O)oc2cc3c(cc12)CCC3. The second kappa shape index (κ2) is 6.00. The van der Waals surface area contributed by atoms with Crippen LogP contribution in [-0.4, -0.2) is 24.7 Å². The Morgan fingerprint density at radius 1 is 1.17 bits per heavy atom. The lowest BCUT2D eigenvalue weighted by Crippen LogP contribution is -2.24. The van der Waals surface area contributed by atoms with Crippen LogP contribution in [0.25, 0.3) is 11.0 Å². The lowest BCUT2D eigenvalue weighted by Gasteiger charge is -2.18.